The van der Waals surface area contributed by atoms with Gasteiger partial charge in [0.2, 0.25) is 5.91 Å². The van der Waals surface area contributed by atoms with Gasteiger partial charge in [0.05, 0.1) is 24.3 Å². The van der Waals surface area contributed by atoms with Crippen LogP contribution >= 0.6 is 11.6 Å². The maximum absolute atomic E-state index is 12.6. The molecule has 0 aliphatic carbocycles. The Morgan fingerprint density at radius 1 is 1.05 bits per heavy atom. The van der Waals surface area contributed by atoms with E-state index in [4.69, 9.17) is 25.8 Å². The van der Waals surface area contributed by atoms with Crippen LogP contribution in [0.1, 0.15) is 5.56 Å². The van der Waals surface area contributed by atoms with Gasteiger partial charge in [0, 0.05) is 39.5 Å². The fourth-order valence-corrected chi connectivity index (χ4v) is 4.45. The summed E-state index contributed by atoms with van der Waals surface area (Å²) in [6, 6.07) is 17.3. The van der Waals surface area contributed by atoms with Gasteiger partial charge >= 0.3 is 0 Å². The van der Waals surface area contributed by atoms with Gasteiger partial charge in [0.15, 0.2) is 0 Å². The number of para-hydroxylation sites is 1. The second-order valence-electron chi connectivity index (χ2n) is 9.20. The van der Waals surface area contributed by atoms with E-state index in [9.17, 15) is 9.90 Å². The van der Waals surface area contributed by atoms with Crippen molar-refractivity contribution < 1.29 is 24.1 Å². The second kappa shape index (κ2) is 12.9. The van der Waals surface area contributed by atoms with Crippen LogP contribution in [-0.2, 0) is 22.6 Å². The van der Waals surface area contributed by atoms with Crippen LogP contribution in [0.3, 0.4) is 0 Å². The number of aromatic nitrogens is 2. The molecule has 3 aromatic rings. The van der Waals surface area contributed by atoms with Gasteiger partial charge in [0.1, 0.15) is 36.9 Å². The van der Waals surface area contributed by atoms with Gasteiger partial charge in [-0.3, -0.25) is 14.4 Å². The zero-order chi connectivity index (χ0) is 26.1. The van der Waals surface area contributed by atoms with Crippen LogP contribution in [0.15, 0.2) is 67.0 Å². The van der Waals surface area contributed by atoms with Gasteiger partial charge < -0.3 is 24.2 Å². The summed E-state index contributed by atoms with van der Waals surface area (Å²) >= 11 is 5.89. The average Bonchev–Trinajstić information content (AvgIpc) is 3.23. The van der Waals surface area contributed by atoms with E-state index in [1.54, 1.807) is 22.0 Å². The summed E-state index contributed by atoms with van der Waals surface area (Å²) in [5, 5.41) is 16.3. The van der Waals surface area contributed by atoms with E-state index in [1.807, 2.05) is 54.6 Å². The first-order chi connectivity index (χ1) is 17.9. The number of halogens is 1. The van der Waals surface area contributed by atoms with Crippen molar-refractivity contribution in [3.05, 3.63) is 77.6 Å². The minimum absolute atomic E-state index is 0.0233. The molecule has 0 saturated carbocycles. The monoisotopic (exact) mass is 528 g/mol. The molecule has 4 rings (SSSR count). The standard InChI is InChI=1S/C27H33ClN4O5/c1-35-18-26(33)31-12-11-30(19-27(34,20-31)21-37-24-5-3-2-4-6-24)16-22-7-9-25(10-8-22)36-14-13-32-17-23(28)15-29-32/h2-10,15,17,34H,11-14,16,18-21H2,1H3. The Hall–Kier alpha value is -3.11. The van der Waals surface area contributed by atoms with Crippen molar-refractivity contribution in [3.63, 3.8) is 0 Å². The summed E-state index contributed by atoms with van der Waals surface area (Å²) in [6.45, 7) is 3.39. The SMILES string of the molecule is COCC(=O)N1CCN(Cc2ccc(OCCn3cc(Cl)cn3)cc2)CC(O)(COc2ccccc2)C1. The number of carbonyl (C=O) groups is 1. The molecule has 2 heterocycles. The van der Waals surface area contributed by atoms with Crippen molar-refractivity contribution >= 4 is 17.5 Å². The first-order valence-corrected chi connectivity index (χ1v) is 12.6. The molecule has 198 valence electrons. The topological polar surface area (TPSA) is 89.3 Å². The molecule has 1 N–H and O–H groups in total. The summed E-state index contributed by atoms with van der Waals surface area (Å²) < 4.78 is 18.5. The van der Waals surface area contributed by atoms with E-state index in [1.165, 1.54) is 7.11 Å². The number of aliphatic hydroxyl groups is 1. The number of carbonyl (C=O) groups excluding carboxylic acids is 1. The maximum Gasteiger partial charge on any atom is 0.248 e. The highest BCUT2D eigenvalue weighted by molar-refractivity contribution is 6.30. The quantitative estimate of drug-likeness (QED) is 0.409. The Balaban J connectivity index is 1.36. The highest BCUT2D eigenvalue weighted by Crippen LogP contribution is 2.21. The normalized spacial score (nSPS) is 18.4. The van der Waals surface area contributed by atoms with Gasteiger partial charge in [-0.15, -0.1) is 0 Å². The van der Waals surface area contributed by atoms with Crippen molar-refractivity contribution in [3.8, 4) is 11.5 Å². The van der Waals surface area contributed by atoms with Crippen LogP contribution in [0, 0.1) is 0 Å². The van der Waals surface area contributed by atoms with Crippen molar-refractivity contribution in [2.75, 3.05) is 53.1 Å². The lowest BCUT2D eigenvalue weighted by Crippen LogP contribution is -2.52. The highest BCUT2D eigenvalue weighted by Gasteiger charge is 2.37. The van der Waals surface area contributed by atoms with Gasteiger partial charge in [0.25, 0.3) is 0 Å². The van der Waals surface area contributed by atoms with Crippen LogP contribution < -0.4 is 9.47 Å². The molecule has 1 aliphatic heterocycles. The molecule has 10 heteroatoms. The molecule has 1 fully saturated rings. The first kappa shape index (κ1) is 26.9. The van der Waals surface area contributed by atoms with Crippen LogP contribution in [0.2, 0.25) is 5.02 Å². The fourth-order valence-electron chi connectivity index (χ4n) is 4.30. The van der Waals surface area contributed by atoms with Gasteiger partial charge in [-0.25, -0.2) is 0 Å². The smallest absolute Gasteiger partial charge is 0.248 e. The molecule has 0 radical (unpaired) electrons. The number of rotatable bonds is 11. The van der Waals surface area contributed by atoms with E-state index in [2.05, 4.69) is 10.00 Å². The molecule has 1 saturated heterocycles. The molecule has 0 bridgehead atoms. The number of nitrogens with zero attached hydrogens (tertiary/aromatic N) is 4. The predicted molar refractivity (Wildman–Crippen MR) is 140 cm³/mol. The van der Waals surface area contributed by atoms with Crippen molar-refractivity contribution in [1.29, 1.82) is 0 Å². The molecule has 2 aromatic carbocycles. The molecular weight excluding hydrogens is 496 g/mol. The summed E-state index contributed by atoms with van der Waals surface area (Å²) in [7, 11) is 1.49. The summed E-state index contributed by atoms with van der Waals surface area (Å²) in [5.41, 5.74) is -0.164. The Kier molecular flexibility index (Phi) is 9.40. The van der Waals surface area contributed by atoms with Gasteiger partial charge in [-0.1, -0.05) is 41.9 Å². The summed E-state index contributed by atoms with van der Waals surface area (Å²) in [4.78, 5) is 16.4. The maximum atomic E-state index is 12.6. The van der Waals surface area contributed by atoms with Gasteiger partial charge in [-0.05, 0) is 29.8 Å². The van der Waals surface area contributed by atoms with Gasteiger partial charge in [-0.2, -0.15) is 5.10 Å². The molecular formula is C27H33ClN4O5. The third kappa shape index (κ3) is 8.19. The molecule has 0 spiro atoms. The molecule has 1 atom stereocenters. The Labute approximate surface area is 222 Å². The van der Waals surface area contributed by atoms with E-state index in [-0.39, 0.29) is 25.7 Å². The van der Waals surface area contributed by atoms with Crippen molar-refractivity contribution in [1.82, 2.24) is 19.6 Å². The zero-order valence-corrected chi connectivity index (χ0v) is 21.7. The van der Waals surface area contributed by atoms with E-state index in [0.29, 0.717) is 50.1 Å². The molecule has 1 aromatic heterocycles. The predicted octanol–water partition coefficient (Wildman–Crippen LogP) is 2.72. The molecule has 1 unspecified atom stereocenters. The van der Waals surface area contributed by atoms with Crippen LogP contribution in [-0.4, -0.2) is 89.3 Å². The number of ether oxygens (including phenoxy) is 3. The summed E-state index contributed by atoms with van der Waals surface area (Å²) in [6.07, 6.45) is 3.35. The lowest BCUT2D eigenvalue weighted by atomic mass is 10.0. The molecule has 1 amide bonds. The largest absolute Gasteiger partial charge is 0.492 e. The highest BCUT2D eigenvalue weighted by atomic mass is 35.5. The molecule has 1 aliphatic rings. The zero-order valence-electron chi connectivity index (χ0n) is 21.0. The number of benzene rings is 2. The van der Waals surface area contributed by atoms with Crippen molar-refractivity contribution in [2.24, 2.45) is 0 Å². The minimum atomic E-state index is -1.24. The minimum Gasteiger partial charge on any atom is -0.492 e. The fraction of sp³-hybridized carbons (Fsp3) is 0.407. The first-order valence-electron chi connectivity index (χ1n) is 12.2. The van der Waals surface area contributed by atoms with E-state index < -0.39 is 5.60 Å². The summed E-state index contributed by atoms with van der Waals surface area (Å²) in [5.74, 6) is 1.29. The number of hydrogen-bond acceptors (Lipinski definition) is 7. The Morgan fingerprint density at radius 2 is 1.81 bits per heavy atom. The lowest BCUT2D eigenvalue weighted by molar-refractivity contribution is -0.138. The Morgan fingerprint density at radius 3 is 2.51 bits per heavy atom. The van der Waals surface area contributed by atoms with E-state index >= 15 is 0 Å². The van der Waals surface area contributed by atoms with E-state index in [0.717, 1.165) is 11.3 Å². The number of β-amino-alcohol motifs (C(OH)–C–C–N with tert-alkyl or cyclic N) is 1. The third-order valence-electron chi connectivity index (χ3n) is 6.08. The average molecular weight is 529 g/mol. The third-order valence-corrected chi connectivity index (χ3v) is 6.28. The van der Waals surface area contributed by atoms with Crippen LogP contribution in [0.4, 0.5) is 0 Å². The number of methoxy groups -OCH3 is 1. The van der Waals surface area contributed by atoms with Crippen molar-refractivity contribution in [2.45, 2.75) is 18.7 Å². The number of hydrogen-bond donors (Lipinski definition) is 1. The van der Waals surface area contributed by atoms with Crippen LogP contribution in [0.25, 0.3) is 0 Å². The Bertz CT molecular complexity index is 1130. The number of amides is 1. The molecule has 9 nitrogen and oxygen atoms in total. The van der Waals surface area contributed by atoms with Crippen LogP contribution in [0.5, 0.6) is 11.5 Å². The lowest BCUT2D eigenvalue weighted by Gasteiger charge is -2.33. The molecule has 37 heavy (non-hydrogen) atoms. The second-order valence-corrected chi connectivity index (χ2v) is 9.64.